The number of methoxy groups -OCH3 is 1. The van der Waals surface area contributed by atoms with Gasteiger partial charge in [-0.2, -0.15) is 12.6 Å². The minimum absolute atomic E-state index is 0.159. The fourth-order valence-electron chi connectivity index (χ4n) is 2.14. The first kappa shape index (κ1) is 12.3. The van der Waals surface area contributed by atoms with Crippen LogP contribution in [0.25, 0.3) is 0 Å². The lowest BCUT2D eigenvalue weighted by molar-refractivity contribution is -0.117. The number of carbonyl (C=O) groups is 1. The Bertz CT molecular complexity index is 433. The van der Waals surface area contributed by atoms with Crippen molar-refractivity contribution in [3.63, 3.8) is 0 Å². The third-order valence-corrected chi connectivity index (χ3v) is 3.61. The van der Waals surface area contributed by atoms with Gasteiger partial charge in [0.15, 0.2) is 0 Å². The normalized spacial score (nSPS) is 19.8. The summed E-state index contributed by atoms with van der Waals surface area (Å²) < 4.78 is 5.34. The van der Waals surface area contributed by atoms with Gasteiger partial charge in [0.05, 0.1) is 12.8 Å². The molecule has 1 aromatic rings. The molecule has 1 aromatic carbocycles. The number of ether oxygens (including phenoxy) is 1. The molecule has 0 bridgehead atoms. The average molecular weight is 251 g/mol. The lowest BCUT2D eigenvalue weighted by atomic mass is 10.1. The lowest BCUT2D eigenvalue weighted by Crippen LogP contribution is -2.25. The van der Waals surface area contributed by atoms with Crippen molar-refractivity contribution in [2.75, 3.05) is 24.3 Å². The summed E-state index contributed by atoms with van der Waals surface area (Å²) in [5.74, 6) is 2.01. The molecule has 1 unspecified atom stereocenters. The molecule has 1 amide bonds. The van der Waals surface area contributed by atoms with Crippen LogP contribution < -0.4 is 9.64 Å². The fourth-order valence-corrected chi connectivity index (χ4v) is 2.39. The van der Waals surface area contributed by atoms with Gasteiger partial charge in [-0.25, -0.2) is 0 Å². The fraction of sp³-hybridized carbons (Fsp3) is 0.462. The summed E-state index contributed by atoms with van der Waals surface area (Å²) in [5, 5.41) is 0. The standard InChI is InChI=1S/C13H17NO2S/c1-9-3-4-11(12(5-9)16-2)14-7-10(8-17)6-13(14)15/h3-5,10,17H,6-8H2,1-2H3. The summed E-state index contributed by atoms with van der Waals surface area (Å²) in [5.41, 5.74) is 2.00. The summed E-state index contributed by atoms with van der Waals surface area (Å²) in [4.78, 5) is 13.7. The van der Waals surface area contributed by atoms with Crippen molar-refractivity contribution in [2.24, 2.45) is 5.92 Å². The van der Waals surface area contributed by atoms with Gasteiger partial charge in [0.25, 0.3) is 0 Å². The molecule has 2 rings (SSSR count). The van der Waals surface area contributed by atoms with Gasteiger partial charge in [-0.05, 0) is 36.3 Å². The molecule has 1 atom stereocenters. The zero-order chi connectivity index (χ0) is 12.4. The maximum absolute atomic E-state index is 11.9. The molecule has 1 aliphatic heterocycles. The Morgan fingerprint density at radius 1 is 1.53 bits per heavy atom. The molecule has 17 heavy (non-hydrogen) atoms. The summed E-state index contributed by atoms with van der Waals surface area (Å²) in [6, 6.07) is 5.91. The first-order chi connectivity index (χ1) is 8.15. The number of amides is 1. The zero-order valence-corrected chi connectivity index (χ0v) is 11.0. The van der Waals surface area contributed by atoms with Crippen molar-refractivity contribution in [2.45, 2.75) is 13.3 Å². The highest BCUT2D eigenvalue weighted by molar-refractivity contribution is 7.80. The Labute approximate surface area is 107 Å². The Morgan fingerprint density at radius 3 is 2.88 bits per heavy atom. The van der Waals surface area contributed by atoms with Crippen molar-refractivity contribution in [3.8, 4) is 5.75 Å². The van der Waals surface area contributed by atoms with Gasteiger partial charge in [-0.1, -0.05) is 6.07 Å². The molecule has 92 valence electrons. The van der Waals surface area contributed by atoms with E-state index >= 15 is 0 Å². The number of nitrogens with zero attached hydrogens (tertiary/aromatic N) is 1. The maximum Gasteiger partial charge on any atom is 0.227 e. The summed E-state index contributed by atoms with van der Waals surface area (Å²) >= 11 is 4.26. The van der Waals surface area contributed by atoms with Crippen molar-refractivity contribution in [3.05, 3.63) is 23.8 Å². The second-order valence-electron chi connectivity index (χ2n) is 4.43. The van der Waals surface area contributed by atoms with Gasteiger partial charge >= 0.3 is 0 Å². The van der Waals surface area contributed by atoms with E-state index in [4.69, 9.17) is 4.74 Å². The van der Waals surface area contributed by atoms with E-state index in [0.717, 1.165) is 29.3 Å². The van der Waals surface area contributed by atoms with E-state index in [-0.39, 0.29) is 5.91 Å². The van der Waals surface area contributed by atoms with Crippen LogP contribution in [0.1, 0.15) is 12.0 Å². The summed E-state index contributed by atoms with van der Waals surface area (Å²) in [6.45, 7) is 2.75. The largest absolute Gasteiger partial charge is 0.495 e. The lowest BCUT2D eigenvalue weighted by Gasteiger charge is -2.19. The number of benzene rings is 1. The van der Waals surface area contributed by atoms with Gasteiger partial charge in [0, 0.05) is 13.0 Å². The SMILES string of the molecule is COc1cc(C)ccc1N1CC(CS)CC1=O. The molecule has 0 saturated carbocycles. The van der Waals surface area contributed by atoms with Crippen LogP contribution in [0.15, 0.2) is 18.2 Å². The zero-order valence-electron chi connectivity index (χ0n) is 10.1. The number of rotatable bonds is 3. The predicted molar refractivity (Wildman–Crippen MR) is 72.0 cm³/mol. The molecule has 1 aliphatic rings. The van der Waals surface area contributed by atoms with Gasteiger partial charge < -0.3 is 9.64 Å². The Hall–Kier alpha value is -1.16. The third kappa shape index (κ3) is 2.41. The van der Waals surface area contributed by atoms with Crippen molar-refractivity contribution in [1.29, 1.82) is 0 Å². The van der Waals surface area contributed by atoms with Gasteiger partial charge in [0.1, 0.15) is 5.75 Å². The highest BCUT2D eigenvalue weighted by Crippen LogP contribution is 2.33. The van der Waals surface area contributed by atoms with Gasteiger partial charge in [-0.3, -0.25) is 4.79 Å². The number of hydrogen-bond donors (Lipinski definition) is 1. The number of anilines is 1. The van der Waals surface area contributed by atoms with Crippen LogP contribution in [0.4, 0.5) is 5.69 Å². The molecule has 1 heterocycles. The Kier molecular flexibility index (Phi) is 3.62. The van der Waals surface area contributed by atoms with Crippen LogP contribution in [0.2, 0.25) is 0 Å². The topological polar surface area (TPSA) is 29.5 Å². The van der Waals surface area contributed by atoms with E-state index in [0.29, 0.717) is 12.3 Å². The van der Waals surface area contributed by atoms with E-state index in [2.05, 4.69) is 12.6 Å². The van der Waals surface area contributed by atoms with Crippen LogP contribution >= 0.6 is 12.6 Å². The molecule has 0 aromatic heterocycles. The molecule has 0 spiro atoms. The minimum atomic E-state index is 0.159. The quantitative estimate of drug-likeness (QED) is 0.835. The van der Waals surface area contributed by atoms with Crippen molar-refractivity contribution < 1.29 is 9.53 Å². The summed E-state index contributed by atoms with van der Waals surface area (Å²) in [6.07, 6.45) is 0.584. The minimum Gasteiger partial charge on any atom is -0.495 e. The summed E-state index contributed by atoms with van der Waals surface area (Å²) in [7, 11) is 1.63. The first-order valence-corrected chi connectivity index (χ1v) is 6.34. The molecule has 3 nitrogen and oxygen atoms in total. The van der Waals surface area contributed by atoms with Crippen LogP contribution in [0, 0.1) is 12.8 Å². The number of hydrogen-bond acceptors (Lipinski definition) is 3. The first-order valence-electron chi connectivity index (χ1n) is 5.71. The van der Waals surface area contributed by atoms with Gasteiger partial charge in [0.2, 0.25) is 5.91 Å². The second-order valence-corrected chi connectivity index (χ2v) is 4.80. The van der Waals surface area contributed by atoms with Crippen LogP contribution in [-0.4, -0.2) is 25.3 Å². The van der Waals surface area contributed by atoms with Gasteiger partial charge in [-0.15, -0.1) is 0 Å². The van der Waals surface area contributed by atoms with Crippen molar-refractivity contribution >= 4 is 24.2 Å². The number of thiol groups is 1. The van der Waals surface area contributed by atoms with E-state index in [1.807, 2.05) is 25.1 Å². The second kappa shape index (κ2) is 5.00. The highest BCUT2D eigenvalue weighted by Gasteiger charge is 2.31. The Morgan fingerprint density at radius 2 is 2.29 bits per heavy atom. The Balaban J connectivity index is 2.31. The van der Waals surface area contributed by atoms with E-state index in [1.54, 1.807) is 12.0 Å². The molecule has 1 fully saturated rings. The van der Waals surface area contributed by atoms with Crippen LogP contribution in [0.5, 0.6) is 5.75 Å². The van der Waals surface area contributed by atoms with Crippen LogP contribution in [0.3, 0.4) is 0 Å². The molecular weight excluding hydrogens is 234 g/mol. The molecule has 0 radical (unpaired) electrons. The number of carbonyl (C=O) groups excluding carboxylic acids is 1. The third-order valence-electron chi connectivity index (χ3n) is 3.09. The maximum atomic E-state index is 11.9. The molecule has 4 heteroatoms. The monoisotopic (exact) mass is 251 g/mol. The van der Waals surface area contributed by atoms with E-state index in [9.17, 15) is 4.79 Å². The van der Waals surface area contributed by atoms with E-state index < -0.39 is 0 Å². The number of aryl methyl sites for hydroxylation is 1. The van der Waals surface area contributed by atoms with Crippen molar-refractivity contribution in [1.82, 2.24) is 0 Å². The predicted octanol–water partition coefficient (Wildman–Crippen LogP) is 2.29. The molecule has 1 saturated heterocycles. The molecule has 0 N–H and O–H groups in total. The molecular formula is C13H17NO2S. The smallest absolute Gasteiger partial charge is 0.227 e. The van der Waals surface area contributed by atoms with E-state index in [1.165, 1.54) is 0 Å². The highest BCUT2D eigenvalue weighted by atomic mass is 32.1. The molecule has 0 aliphatic carbocycles. The van der Waals surface area contributed by atoms with Crippen LogP contribution in [-0.2, 0) is 4.79 Å². The average Bonchev–Trinajstić information content (AvgIpc) is 2.70.